The summed E-state index contributed by atoms with van der Waals surface area (Å²) in [6.07, 6.45) is 4.60. The van der Waals surface area contributed by atoms with Crippen molar-refractivity contribution in [3.63, 3.8) is 0 Å². The van der Waals surface area contributed by atoms with Crippen LogP contribution in [0.2, 0.25) is 0 Å². The molecule has 23 heavy (non-hydrogen) atoms. The summed E-state index contributed by atoms with van der Waals surface area (Å²) in [4.78, 5) is 4.15. The van der Waals surface area contributed by atoms with Crippen LogP contribution in [0, 0.1) is 0 Å². The molecule has 3 aromatic rings. The molecular weight excluding hydrogens is 372 g/mol. The molecule has 0 saturated carbocycles. The number of hydrogen-bond acceptors (Lipinski definition) is 4. The fourth-order valence-corrected chi connectivity index (χ4v) is 3.67. The minimum atomic E-state index is 0.354. The van der Waals surface area contributed by atoms with Crippen molar-refractivity contribution in [2.75, 3.05) is 0 Å². The average molecular weight is 389 g/mol. The molecule has 0 N–H and O–H groups in total. The van der Waals surface area contributed by atoms with Crippen LogP contribution in [0.5, 0.6) is 0 Å². The third-order valence-corrected chi connectivity index (χ3v) is 5.60. The Morgan fingerprint density at radius 2 is 1.96 bits per heavy atom. The molecule has 4 nitrogen and oxygen atoms in total. The lowest BCUT2D eigenvalue weighted by Gasteiger charge is -2.14. The van der Waals surface area contributed by atoms with Gasteiger partial charge in [0.25, 0.3) is 0 Å². The van der Waals surface area contributed by atoms with Gasteiger partial charge in [0.2, 0.25) is 0 Å². The molecule has 0 aliphatic heterocycles. The Balaban J connectivity index is 1.85. The highest BCUT2D eigenvalue weighted by Crippen LogP contribution is 2.37. The maximum absolute atomic E-state index is 4.36. The third kappa shape index (κ3) is 3.64. The van der Waals surface area contributed by atoms with Gasteiger partial charge in [0.1, 0.15) is 0 Å². The predicted molar refractivity (Wildman–Crippen MR) is 97.3 cm³/mol. The number of nitrogens with zero attached hydrogens (tertiary/aromatic N) is 4. The van der Waals surface area contributed by atoms with Gasteiger partial charge in [-0.05, 0) is 36.2 Å². The highest BCUT2D eigenvalue weighted by Gasteiger charge is 2.17. The molecule has 0 bridgehead atoms. The zero-order chi connectivity index (χ0) is 16.2. The zero-order valence-electron chi connectivity index (χ0n) is 13.0. The monoisotopic (exact) mass is 388 g/mol. The van der Waals surface area contributed by atoms with Crippen LogP contribution < -0.4 is 0 Å². The molecule has 3 rings (SSSR count). The van der Waals surface area contributed by atoms with Crippen LogP contribution >= 0.6 is 27.7 Å². The van der Waals surface area contributed by atoms with E-state index in [2.05, 4.69) is 62.3 Å². The molecule has 1 atom stereocenters. The van der Waals surface area contributed by atoms with Crippen molar-refractivity contribution in [2.45, 2.75) is 23.8 Å². The Bertz CT molecular complexity index is 771. The van der Waals surface area contributed by atoms with Crippen LogP contribution in [-0.4, -0.2) is 19.7 Å². The lowest BCUT2D eigenvalue weighted by atomic mass is 10.1. The molecule has 0 aliphatic rings. The van der Waals surface area contributed by atoms with Gasteiger partial charge < -0.3 is 4.57 Å². The van der Waals surface area contributed by atoms with Crippen molar-refractivity contribution in [3.05, 3.63) is 58.8 Å². The number of thioether (sulfide) groups is 1. The second-order valence-electron chi connectivity index (χ2n) is 5.17. The van der Waals surface area contributed by atoms with E-state index in [9.17, 15) is 0 Å². The maximum Gasteiger partial charge on any atom is 0.191 e. The smallest absolute Gasteiger partial charge is 0.191 e. The summed E-state index contributed by atoms with van der Waals surface area (Å²) in [6.45, 7) is 2.19. The van der Waals surface area contributed by atoms with Gasteiger partial charge in [-0.3, -0.25) is 4.98 Å². The van der Waals surface area contributed by atoms with Crippen molar-refractivity contribution in [1.82, 2.24) is 19.7 Å². The predicted octanol–water partition coefficient (Wildman–Crippen LogP) is 4.88. The summed E-state index contributed by atoms with van der Waals surface area (Å²) >= 11 is 5.23. The van der Waals surface area contributed by atoms with E-state index in [1.807, 2.05) is 29.9 Å². The van der Waals surface area contributed by atoms with E-state index in [1.165, 1.54) is 5.56 Å². The second kappa shape index (κ2) is 7.27. The molecule has 0 fully saturated rings. The number of aromatic nitrogens is 4. The molecule has 0 unspecified atom stereocenters. The number of benzene rings is 1. The molecule has 1 aromatic carbocycles. The summed E-state index contributed by atoms with van der Waals surface area (Å²) < 4.78 is 3.13. The lowest BCUT2D eigenvalue weighted by molar-refractivity contribution is 0.782. The Morgan fingerprint density at radius 3 is 2.61 bits per heavy atom. The van der Waals surface area contributed by atoms with E-state index in [0.717, 1.165) is 27.4 Å². The van der Waals surface area contributed by atoms with Crippen molar-refractivity contribution in [2.24, 2.45) is 7.05 Å². The number of halogens is 1. The van der Waals surface area contributed by atoms with Crippen molar-refractivity contribution >= 4 is 27.7 Å². The molecule has 118 valence electrons. The highest BCUT2D eigenvalue weighted by molar-refractivity contribution is 9.10. The van der Waals surface area contributed by atoms with E-state index in [4.69, 9.17) is 0 Å². The summed E-state index contributed by atoms with van der Waals surface area (Å²) in [7, 11) is 2.00. The summed E-state index contributed by atoms with van der Waals surface area (Å²) in [6, 6.07) is 12.4. The molecular formula is C17H17BrN4S. The number of hydrogen-bond donors (Lipinski definition) is 0. The fraction of sp³-hybridized carbons (Fsp3) is 0.235. The Kier molecular flexibility index (Phi) is 5.13. The van der Waals surface area contributed by atoms with Crippen molar-refractivity contribution < 1.29 is 0 Å². The fourth-order valence-electron chi connectivity index (χ4n) is 2.36. The first kappa shape index (κ1) is 16.2. The number of pyridine rings is 1. The van der Waals surface area contributed by atoms with Crippen LogP contribution in [0.3, 0.4) is 0 Å². The van der Waals surface area contributed by atoms with Gasteiger partial charge in [0, 0.05) is 34.7 Å². The second-order valence-corrected chi connectivity index (χ2v) is 7.26. The van der Waals surface area contributed by atoms with Gasteiger partial charge in [-0.15, -0.1) is 10.2 Å². The normalized spacial score (nSPS) is 12.3. The summed E-state index contributed by atoms with van der Waals surface area (Å²) in [5, 5.41) is 9.96. The van der Waals surface area contributed by atoms with E-state index >= 15 is 0 Å². The van der Waals surface area contributed by atoms with Crippen molar-refractivity contribution in [3.8, 4) is 11.4 Å². The van der Waals surface area contributed by atoms with E-state index in [1.54, 1.807) is 18.0 Å². The highest BCUT2D eigenvalue weighted by atomic mass is 79.9. The standard InChI is InChI=1S/C17H17BrN4S/c1-3-15(12-6-8-14(18)9-7-12)23-17-21-20-16(22(17)2)13-5-4-10-19-11-13/h4-11,15H,3H2,1-2H3/t15-/m0/s1. The van der Waals surface area contributed by atoms with Crippen LogP contribution in [0.25, 0.3) is 11.4 Å². The minimum Gasteiger partial charge on any atom is -0.305 e. The van der Waals surface area contributed by atoms with E-state index < -0.39 is 0 Å². The Morgan fingerprint density at radius 1 is 1.17 bits per heavy atom. The van der Waals surface area contributed by atoms with Crippen LogP contribution in [0.15, 0.2) is 58.4 Å². The molecule has 0 aliphatic carbocycles. The minimum absolute atomic E-state index is 0.354. The van der Waals surface area contributed by atoms with E-state index in [0.29, 0.717) is 5.25 Å². The first-order valence-corrected chi connectivity index (χ1v) is 9.08. The molecule has 2 heterocycles. The van der Waals surface area contributed by atoms with Crippen molar-refractivity contribution in [1.29, 1.82) is 0 Å². The molecule has 2 aromatic heterocycles. The lowest BCUT2D eigenvalue weighted by Crippen LogP contribution is -1.98. The Labute approximate surface area is 148 Å². The first-order valence-electron chi connectivity index (χ1n) is 7.41. The molecule has 6 heteroatoms. The topological polar surface area (TPSA) is 43.6 Å². The van der Waals surface area contributed by atoms with Gasteiger partial charge in [-0.1, -0.05) is 46.7 Å². The average Bonchev–Trinajstić information content (AvgIpc) is 2.95. The largest absolute Gasteiger partial charge is 0.305 e. The first-order chi connectivity index (χ1) is 11.2. The van der Waals surface area contributed by atoms with Gasteiger partial charge in [-0.25, -0.2) is 0 Å². The van der Waals surface area contributed by atoms with Gasteiger partial charge in [0.05, 0.1) is 0 Å². The maximum atomic E-state index is 4.36. The summed E-state index contributed by atoms with van der Waals surface area (Å²) in [5.74, 6) is 0.839. The molecule has 0 radical (unpaired) electrons. The zero-order valence-corrected chi connectivity index (χ0v) is 15.4. The quantitative estimate of drug-likeness (QED) is 0.584. The third-order valence-electron chi connectivity index (χ3n) is 3.61. The molecule has 0 amide bonds. The number of rotatable bonds is 5. The molecule has 0 spiro atoms. The van der Waals surface area contributed by atoms with Crippen LogP contribution in [0.1, 0.15) is 24.2 Å². The summed E-state index contributed by atoms with van der Waals surface area (Å²) in [5.41, 5.74) is 2.28. The molecule has 0 saturated heterocycles. The van der Waals surface area contributed by atoms with Crippen LogP contribution in [-0.2, 0) is 7.05 Å². The van der Waals surface area contributed by atoms with E-state index in [-0.39, 0.29) is 0 Å². The van der Waals surface area contributed by atoms with Gasteiger partial charge >= 0.3 is 0 Å². The Hall–Kier alpha value is -1.66. The van der Waals surface area contributed by atoms with Gasteiger partial charge in [-0.2, -0.15) is 0 Å². The van der Waals surface area contributed by atoms with Crippen LogP contribution in [0.4, 0.5) is 0 Å². The SMILES string of the molecule is CC[C@H](Sc1nnc(-c2cccnc2)n1C)c1ccc(Br)cc1. The van der Waals surface area contributed by atoms with Gasteiger partial charge in [0.15, 0.2) is 11.0 Å².